The number of nitrogens with zero attached hydrogens (tertiary/aromatic N) is 1. The van der Waals surface area contributed by atoms with Crippen LogP contribution in [0, 0.1) is 11.7 Å². The monoisotopic (exact) mass is 373 g/mol. The summed E-state index contributed by atoms with van der Waals surface area (Å²) in [7, 11) is 3.24. The van der Waals surface area contributed by atoms with Crippen LogP contribution in [0.1, 0.15) is 12.0 Å². The van der Waals surface area contributed by atoms with Gasteiger partial charge in [-0.05, 0) is 60.7 Å². The number of hydrogen-bond acceptors (Lipinski definition) is 4. The molecule has 6 heteroatoms. The molecule has 0 bridgehead atoms. The van der Waals surface area contributed by atoms with Gasteiger partial charge >= 0.3 is 0 Å². The second-order valence-corrected chi connectivity index (χ2v) is 6.63. The Morgan fingerprint density at radius 1 is 1.11 bits per heavy atom. The first kappa shape index (κ1) is 19.0. The topological polar surface area (TPSA) is 48.0 Å². The molecule has 1 unspecified atom stereocenters. The fourth-order valence-electron chi connectivity index (χ4n) is 3.33. The van der Waals surface area contributed by atoms with E-state index in [9.17, 15) is 9.18 Å². The zero-order chi connectivity index (χ0) is 19.2. The summed E-state index contributed by atoms with van der Waals surface area (Å²) in [6.07, 6.45) is 1.83. The molecule has 0 radical (unpaired) electrons. The number of likely N-dealkylation sites (tertiary alicyclic amines) is 1. The van der Waals surface area contributed by atoms with E-state index >= 15 is 0 Å². The molecule has 0 N–H and O–H groups in total. The first-order chi connectivity index (χ1) is 13.1. The first-order valence-electron chi connectivity index (χ1n) is 8.96. The van der Waals surface area contributed by atoms with Crippen LogP contribution >= 0.6 is 0 Å². The molecule has 1 aliphatic heterocycles. The van der Waals surface area contributed by atoms with Crippen molar-refractivity contribution in [2.24, 2.45) is 5.92 Å². The molecule has 3 rings (SSSR count). The Balaban J connectivity index is 1.50. The van der Waals surface area contributed by atoms with E-state index in [0.29, 0.717) is 29.7 Å². The van der Waals surface area contributed by atoms with Crippen LogP contribution in [0.15, 0.2) is 42.5 Å². The van der Waals surface area contributed by atoms with Crippen molar-refractivity contribution in [1.29, 1.82) is 0 Å². The third-order valence-corrected chi connectivity index (χ3v) is 4.79. The van der Waals surface area contributed by atoms with Gasteiger partial charge in [0.15, 0.2) is 18.1 Å². The van der Waals surface area contributed by atoms with Gasteiger partial charge < -0.3 is 19.1 Å². The van der Waals surface area contributed by atoms with Gasteiger partial charge in [0.1, 0.15) is 11.6 Å². The van der Waals surface area contributed by atoms with Crippen molar-refractivity contribution in [1.82, 2.24) is 4.90 Å². The van der Waals surface area contributed by atoms with Gasteiger partial charge in [-0.3, -0.25) is 4.79 Å². The molecule has 144 valence electrons. The highest BCUT2D eigenvalue weighted by atomic mass is 19.1. The highest BCUT2D eigenvalue weighted by Gasteiger charge is 2.26. The maximum Gasteiger partial charge on any atom is 0.260 e. The molecule has 0 saturated carbocycles. The predicted octanol–water partition coefficient (Wildman–Crippen LogP) is 3.31. The molecular weight excluding hydrogens is 349 g/mol. The van der Waals surface area contributed by atoms with Crippen molar-refractivity contribution in [2.45, 2.75) is 12.8 Å². The summed E-state index contributed by atoms with van der Waals surface area (Å²) in [6, 6.07) is 11.6. The summed E-state index contributed by atoms with van der Waals surface area (Å²) in [5, 5.41) is 0. The lowest BCUT2D eigenvalue weighted by atomic mass is 9.98. The number of benzene rings is 2. The van der Waals surface area contributed by atoms with E-state index in [1.807, 2.05) is 23.1 Å². The quantitative estimate of drug-likeness (QED) is 0.747. The van der Waals surface area contributed by atoms with Crippen LogP contribution in [0.25, 0.3) is 0 Å². The van der Waals surface area contributed by atoms with Crippen molar-refractivity contribution in [2.75, 3.05) is 33.9 Å². The van der Waals surface area contributed by atoms with Gasteiger partial charge in [-0.2, -0.15) is 0 Å². The highest BCUT2D eigenvalue weighted by molar-refractivity contribution is 5.78. The van der Waals surface area contributed by atoms with Crippen molar-refractivity contribution in [3.05, 3.63) is 53.8 Å². The molecule has 1 fully saturated rings. The molecular formula is C21H24FNO4. The predicted molar refractivity (Wildman–Crippen MR) is 99.8 cm³/mol. The Morgan fingerprint density at radius 2 is 1.85 bits per heavy atom. The van der Waals surface area contributed by atoms with Gasteiger partial charge in [-0.15, -0.1) is 0 Å². The Hall–Kier alpha value is -2.76. The second-order valence-electron chi connectivity index (χ2n) is 6.63. The van der Waals surface area contributed by atoms with E-state index in [-0.39, 0.29) is 18.3 Å². The van der Waals surface area contributed by atoms with Crippen LogP contribution < -0.4 is 14.2 Å². The lowest BCUT2D eigenvalue weighted by molar-refractivity contribution is -0.132. The van der Waals surface area contributed by atoms with E-state index in [0.717, 1.165) is 24.9 Å². The Kier molecular flexibility index (Phi) is 6.16. The van der Waals surface area contributed by atoms with E-state index < -0.39 is 0 Å². The molecule has 1 saturated heterocycles. The molecule has 0 spiro atoms. The lowest BCUT2D eigenvalue weighted by Gasteiger charge is -2.17. The van der Waals surface area contributed by atoms with Crippen molar-refractivity contribution in [3.8, 4) is 17.2 Å². The molecule has 27 heavy (non-hydrogen) atoms. The molecule has 0 aliphatic carbocycles. The number of hydrogen-bond donors (Lipinski definition) is 0. The largest absolute Gasteiger partial charge is 0.493 e. The minimum absolute atomic E-state index is 0.0330. The van der Waals surface area contributed by atoms with Crippen molar-refractivity contribution in [3.63, 3.8) is 0 Å². The van der Waals surface area contributed by atoms with E-state index in [1.54, 1.807) is 14.2 Å². The molecule has 5 nitrogen and oxygen atoms in total. The van der Waals surface area contributed by atoms with Gasteiger partial charge in [0.05, 0.1) is 14.2 Å². The van der Waals surface area contributed by atoms with Gasteiger partial charge in [-0.25, -0.2) is 4.39 Å². The van der Waals surface area contributed by atoms with Crippen LogP contribution in [0.2, 0.25) is 0 Å². The van der Waals surface area contributed by atoms with Gasteiger partial charge in [0, 0.05) is 13.1 Å². The van der Waals surface area contributed by atoms with Crippen LogP contribution in [0.4, 0.5) is 4.39 Å². The lowest BCUT2D eigenvalue weighted by Crippen LogP contribution is -2.33. The van der Waals surface area contributed by atoms with Gasteiger partial charge in [-0.1, -0.05) is 6.07 Å². The van der Waals surface area contributed by atoms with Gasteiger partial charge in [0.25, 0.3) is 5.91 Å². The minimum Gasteiger partial charge on any atom is -0.493 e. The van der Waals surface area contributed by atoms with Crippen LogP contribution in [-0.4, -0.2) is 44.7 Å². The van der Waals surface area contributed by atoms with Gasteiger partial charge in [0.2, 0.25) is 0 Å². The Morgan fingerprint density at radius 3 is 2.56 bits per heavy atom. The third kappa shape index (κ3) is 4.90. The number of methoxy groups -OCH3 is 2. The molecule has 2 aromatic carbocycles. The summed E-state index contributed by atoms with van der Waals surface area (Å²) in [5.41, 5.74) is 1.16. The fourth-order valence-corrected chi connectivity index (χ4v) is 3.33. The summed E-state index contributed by atoms with van der Waals surface area (Å²) in [4.78, 5) is 14.2. The zero-order valence-electron chi connectivity index (χ0n) is 15.6. The smallest absolute Gasteiger partial charge is 0.260 e. The van der Waals surface area contributed by atoms with Crippen LogP contribution in [0.5, 0.6) is 17.2 Å². The number of ether oxygens (including phenoxy) is 3. The number of rotatable bonds is 7. The van der Waals surface area contributed by atoms with Crippen molar-refractivity contribution < 1.29 is 23.4 Å². The molecule has 1 amide bonds. The third-order valence-electron chi connectivity index (χ3n) is 4.79. The first-order valence-corrected chi connectivity index (χ1v) is 8.96. The van der Waals surface area contributed by atoms with Crippen LogP contribution in [-0.2, 0) is 11.2 Å². The van der Waals surface area contributed by atoms with E-state index in [2.05, 4.69) is 0 Å². The number of halogens is 1. The maximum absolute atomic E-state index is 12.9. The number of carbonyl (C=O) groups is 1. The molecule has 1 aliphatic rings. The fraction of sp³-hybridized carbons (Fsp3) is 0.381. The number of amides is 1. The molecule has 0 aromatic heterocycles. The molecule has 1 heterocycles. The summed E-state index contributed by atoms with van der Waals surface area (Å²) >= 11 is 0. The van der Waals surface area contributed by atoms with Crippen LogP contribution in [0.3, 0.4) is 0 Å². The van der Waals surface area contributed by atoms with E-state index in [4.69, 9.17) is 14.2 Å². The summed E-state index contributed by atoms with van der Waals surface area (Å²) in [6.45, 7) is 1.40. The molecule has 1 atom stereocenters. The van der Waals surface area contributed by atoms with Crippen molar-refractivity contribution >= 4 is 5.91 Å². The average Bonchev–Trinajstić information content (AvgIpc) is 3.15. The zero-order valence-corrected chi connectivity index (χ0v) is 15.6. The summed E-state index contributed by atoms with van der Waals surface area (Å²) in [5.74, 6) is 1.94. The SMILES string of the molecule is COc1ccc(CC2CCN(C(=O)COc3ccc(F)cc3)C2)cc1OC. The maximum atomic E-state index is 12.9. The molecule has 2 aromatic rings. The number of carbonyl (C=O) groups excluding carboxylic acids is 1. The highest BCUT2D eigenvalue weighted by Crippen LogP contribution is 2.30. The minimum atomic E-state index is -0.328. The average molecular weight is 373 g/mol. The Labute approximate surface area is 158 Å². The summed E-state index contributed by atoms with van der Waals surface area (Å²) < 4.78 is 29.0. The standard InChI is InChI=1S/C21H24FNO4/c1-25-19-8-3-15(12-20(19)26-2)11-16-9-10-23(13-16)21(24)14-27-18-6-4-17(22)5-7-18/h3-8,12,16H,9-11,13-14H2,1-2H3. The normalized spacial score (nSPS) is 16.3. The second kappa shape index (κ2) is 8.75. The van der Waals surface area contributed by atoms with E-state index in [1.165, 1.54) is 24.3 Å². The Bertz CT molecular complexity index is 778.